The minimum atomic E-state index is -1.61. The van der Waals surface area contributed by atoms with Gasteiger partial charge in [-0.1, -0.05) is 53.5 Å². The highest BCUT2D eigenvalue weighted by Gasteiger charge is 2.36. The smallest absolute Gasteiger partial charge is 0.468 e. The highest BCUT2D eigenvalue weighted by Crippen LogP contribution is 2.31. The molecule has 0 heterocycles. The average Bonchev–Trinajstić information content (AvgIpc) is 2.95. The van der Waals surface area contributed by atoms with E-state index in [1.165, 1.54) is 25.3 Å². The highest BCUT2D eigenvalue weighted by atomic mass is 16.7. The Bertz CT molecular complexity index is 999. The molecule has 0 aromatic heterocycles. The van der Waals surface area contributed by atoms with Crippen LogP contribution in [0.3, 0.4) is 0 Å². The van der Waals surface area contributed by atoms with Gasteiger partial charge in [-0.15, -0.1) is 0 Å². The van der Waals surface area contributed by atoms with Crippen LogP contribution in [0.15, 0.2) is 18.2 Å². The highest BCUT2D eigenvalue weighted by molar-refractivity contribution is 5.81. The Morgan fingerprint density at radius 3 is 1.88 bits per heavy atom. The van der Waals surface area contributed by atoms with Gasteiger partial charge < -0.3 is 38.9 Å². The van der Waals surface area contributed by atoms with Crippen LogP contribution in [-0.2, 0) is 34.9 Å². The number of benzene rings is 1. The number of hydrogen-bond donors (Lipinski definition) is 1. The van der Waals surface area contributed by atoms with Crippen molar-refractivity contribution < 1.29 is 52.3 Å². The Morgan fingerprint density at radius 1 is 0.805 bits per heavy atom. The van der Waals surface area contributed by atoms with E-state index in [9.17, 15) is 19.2 Å². The summed E-state index contributed by atoms with van der Waals surface area (Å²) >= 11 is 0. The van der Waals surface area contributed by atoms with Crippen molar-refractivity contribution >= 4 is 24.4 Å². The Kier molecular flexibility index (Phi) is 15.6. The van der Waals surface area contributed by atoms with Crippen molar-refractivity contribution in [1.82, 2.24) is 0 Å². The zero-order chi connectivity index (χ0) is 31.0. The lowest BCUT2D eigenvalue weighted by Gasteiger charge is -2.26. The second kappa shape index (κ2) is 18.0. The molecule has 41 heavy (non-hydrogen) atoms. The lowest BCUT2D eigenvalue weighted by Crippen LogP contribution is -2.51. The van der Waals surface area contributed by atoms with Gasteiger partial charge in [-0.3, -0.25) is 4.79 Å². The largest absolute Gasteiger partial charge is 0.513 e. The Morgan fingerprint density at radius 2 is 1.37 bits per heavy atom. The maximum atomic E-state index is 12.6. The number of esters is 1. The van der Waals surface area contributed by atoms with E-state index in [4.69, 9.17) is 38.9 Å². The molecule has 0 aliphatic carbocycles. The quantitative estimate of drug-likeness (QED) is 0.147. The molecular formula is C29H45NO11. The van der Waals surface area contributed by atoms with Crippen LogP contribution in [0.4, 0.5) is 14.4 Å². The lowest BCUT2D eigenvalue weighted by atomic mass is 9.88. The van der Waals surface area contributed by atoms with Gasteiger partial charge >= 0.3 is 24.4 Å². The van der Waals surface area contributed by atoms with Crippen molar-refractivity contribution in [3.63, 3.8) is 0 Å². The van der Waals surface area contributed by atoms with Gasteiger partial charge in [0.1, 0.15) is 11.6 Å². The third-order valence-corrected chi connectivity index (χ3v) is 6.51. The normalized spacial score (nSPS) is 14.4. The molecule has 0 saturated carbocycles. The first-order valence-corrected chi connectivity index (χ1v) is 13.9. The second-order valence-electron chi connectivity index (χ2n) is 10.1. The first-order chi connectivity index (χ1) is 19.4. The minimum absolute atomic E-state index is 0.0946. The standard InChI is InChI=1S/C29H45NO11/c1-8-19(4)17-37-27(33)40-23-12-11-22(15-24(23)41-28(34)38-18-20(5)9-2)16-29(30,25(31)35-7)13-14-36-26(32)39-21(6)10-3/h11-12,15,19-21H,8-10,13-14,16-18,30H2,1-7H3/t19?,20?,21-,29+/m0/s1. The predicted octanol–water partition coefficient (Wildman–Crippen LogP) is 5.56. The summed E-state index contributed by atoms with van der Waals surface area (Å²) in [5.74, 6) is -0.741. The minimum Gasteiger partial charge on any atom is -0.468 e. The van der Waals surface area contributed by atoms with Crippen LogP contribution in [0.25, 0.3) is 0 Å². The maximum Gasteiger partial charge on any atom is 0.513 e. The van der Waals surface area contributed by atoms with Crippen molar-refractivity contribution in [2.24, 2.45) is 17.6 Å². The number of carbonyl (C=O) groups is 4. The van der Waals surface area contributed by atoms with Crippen molar-refractivity contribution in [2.45, 2.75) is 85.3 Å². The molecule has 1 aromatic carbocycles. The molecule has 0 amide bonds. The third-order valence-electron chi connectivity index (χ3n) is 6.51. The monoisotopic (exact) mass is 583 g/mol. The number of methoxy groups -OCH3 is 1. The van der Waals surface area contributed by atoms with E-state index in [1.54, 1.807) is 6.92 Å². The van der Waals surface area contributed by atoms with Crippen molar-refractivity contribution in [2.75, 3.05) is 26.9 Å². The number of hydrogen-bond acceptors (Lipinski definition) is 12. The zero-order valence-electron chi connectivity index (χ0n) is 25.2. The lowest BCUT2D eigenvalue weighted by molar-refractivity contribution is -0.147. The van der Waals surface area contributed by atoms with E-state index in [0.717, 1.165) is 12.8 Å². The molecular weight excluding hydrogens is 538 g/mol. The summed E-state index contributed by atoms with van der Waals surface area (Å²) in [6, 6.07) is 4.32. The fourth-order valence-corrected chi connectivity index (χ4v) is 3.15. The van der Waals surface area contributed by atoms with Gasteiger partial charge in [-0.05, 0) is 42.9 Å². The van der Waals surface area contributed by atoms with Crippen molar-refractivity contribution in [3.8, 4) is 11.5 Å². The molecule has 12 heteroatoms. The molecule has 0 aliphatic heterocycles. The zero-order valence-corrected chi connectivity index (χ0v) is 25.2. The molecule has 2 unspecified atom stereocenters. The molecule has 0 aliphatic rings. The van der Waals surface area contributed by atoms with Crippen LogP contribution in [0.1, 0.15) is 72.8 Å². The van der Waals surface area contributed by atoms with Crippen molar-refractivity contribution in [3.05, 3.63) is 23.8 Å². The van der Waals surface area contributed by atoms with Gasteiger partial charge in [-0.2, -0.15) is 0 Å². The fraction of sp³-hybridized carbons (Fsp3) is 0.655. The molecule has 1 rings (SSSR count). The van der Waals surface area contributed by atoms with Crippen LogP contribution in [0.2, 0.25) is 0 Å². The summed E-state index contributed by atoms with van der Waals surface area (Å²) in [5.41, 5.74) is 5.22. The predicted molar refractivity (Wildman–Crippen MR) is 149 cm³/mol. The molecule has 12 nitrogen and oxygen atoms in total. The van der Waals surface area contributed by atoms with E-state index in [1.807, 2.05) is 34.6 Å². The van der Waals surface area contributed by atoms with E-state index in [0.29, 0.717) is 12.0 Å². The number of rotatable bonds is 16. The summed E-state index contributed by atoms with van der Waals surface area (Å²) in [5, 5.41) is 0. The molecule has 2 N–H and O–H groups in total. The van der Waals surface area contributed by atoms with E-state index >= 15 is 0 Å². The van der Waals surface area contributed by atoms with E-state index < -0.39 is 30.0 Å². The van der Waals surface area contributed by atoms with Gasteiger partial charge in [0.05, 0.1) is 26.9 Å². The Balaban J connectivity index is 3.14. The SMILES string of the molecule is CCC(C)COC(=O)Oc1ccc(C[C@](N)(CCOC(=O)O[C@@H](C)CC)C(=O)OC)cc1OC(=O)OCC(C)CC. The van der Waals surface area contributed by atoms with Crippen molar-refractivity contribution in [1.29, 1.82) is 0 Å². The summed E-state index contributed by atoms with van der Waals surface area (Å²) < 4.78 is 36.0. The topological polar surface area (TPSA) is 159 Å². The molecule has 1 aromatic rings. The molecule has 0 radical (unpaired) electrons. The molecule has 0 saturated heterocycles. The average molecular weight is 584 g/mol. The Hall–Kier alpha value is -3.54. The number of nitrogens with two attached hydrogens (primary N) is 1. The summed E-state index contributed by atoms with van der Waals surface area (Å²) in [6.07, 6.45) is -1.14. The van der Waals surface area contributed by atoms with Gasteiger partial charge in [0.25, 0.3) is 0 Å². The van der Waals surface area contributed by atoms with Gasteiger partial charge in [0.2, 0.25) is 0 Å². The molecule has 0 spiro atoms. The van der Waals surface area contributed by atoms with E-state index in [-0.39, 0.29) is 62.1 Å². The van der Waals surface area contributed by atoms with Crippen LogP contribution in [0, 0.1) is 11.8 Å². The van der Waals surface area contributed by atoms with Gasteiger partial charge in [-0.25, -0.2) is 14.4 Å². The van der Waals surface area contributed by atoms with Gasteiger partial charge in [0, 0.05) is 12.8 Å². The first-order valence-electron chi connectivity index (χ1n) is 13.9. The summed E-state index contributed by atoms with van der Waals surface area (Å²) in [7, 11) is 1.19. The first kappa shape index (κ1) is 35.5. The van der Waals surface area contributed by atoms with Crippen LogP contribution < -0.4 is 15.2 Å². The van der Waals surface area contributed by atoms with E-state index in [2.05, 4.69) is 0 Å². The number of ether oxygens (including phenoxy) is 7. The molecule has 232 valence electrons. The van der Waals surface area contributed by atoms with Crippen LogP contribution in [-0.4, -0.2) is 63.0 Å². The second-order valence-corrected chi connectivity index (χ2v) is 10.1. The Labute approximate surface area is 242 Å². The van der Waals surface area contributed by atoms with Crippen LogP contribution in [0.5, 0.6) is 11.5 Å². The molecule has 0 fully saturated rings. The maximum absolute atomic E-state index is 12.6. The fourth-order valence-electron chi connectivity index (χ4n) is 3.15. The van der Waals surface area contributed by atoms with Crippen LogP contribution >= 0.6 is 0 Å². The van der Waals surface area contributed by atoms with Gasteiger partial charge in [0.15, 0.2) is 11.5 Å². The molecule has 0 bridgehead atoms. The summed E-state index contributed by atoms with van der Waals surface area (Å²) in [4.78, 5) is 49.2. The summed E-state index contributed by atoms with van der Waals surface area (Å²) in [6.45, 7) is 11.4. The molecule has 4 atom stereocenters. The number of carbonyl (C=O) groups excluding carboxylic acids is 4. The third kappa shape index (κ3) is 13.1.